The number of anilines is 1. The van der Waals surface area contributed by atoms with Crippen molar-refractivity contribution in [3.05, 3.63) is 132 Å². The number of imidazole rings is 1. The van der Waals surface area contributed by atoms with Gasteiger partial charge in [0.1, 0.15) is 29.1 Å². The van der Waals surface area contributed by atoms with Crippen LogP contribution in [0.4, 0.5) is 15.3 Å². The molecular formula is C50H61N7O7. The SMILES string of the molecule is CC(C)(C)OC(=O)NC(C(=O)NCCCCC(=O)Nc1ccc(-c2ccc(-c3cnc(CCCCNC(=O)C(NC(=O)OC(C)(C)C)c4ccccc4)[nH]3)cc2)cc1)c1ccccc1. The van der Waals surface area contributed by atoms with Crippen LogP contribution in [0.25, 0.3) is 22.4 Å². The van der Waals surface area contributed by atoms with Gasteiger partial charge in [0.25, 0.3) is 0 Å². The number of carbonyl (C=O) groups is 5. The fraction of sp³-hybridized carbons (Fsp3) is 0.360. The second-order valence-corrected chi connectivity index (χ2v) is 17.4. The largest absolute Gasteiger partial charge is 0.444 e. The van der Waals surface area contributed by atoms with E-state index in [9.17, 15) is 24.0 Å². The number of unbranched alkanes of at least 4 members (excludes halogenated alkanes) is 2. The van der Waals surface area contributed by atoms with Gasteiger partial charge in [0.15, 0.2) is 0 Å². The topological polar surface area (TPSA) is 193 Å². The highest BCUT2D eigenvalue weighted by Crippen LogP contribution is 2.26. The highest BCUT2D eigenvalue weighted by atomic mass is 16.6. The zero-order chi connectivity index (χ0) is 46.1. The highest BCUT2D eigenvalue weighted by molar-refractivity contribution is 5.91. The van der Waals surface area contributed by atoms with Crippen LogP contribution in [-0.2, 0) is 30.3 Å². The van der Waals surface area contributed by atoms with Gasteiger partial charge in [-0.1, -0.05) is 97.1 Å². The van der Waals surface area contributed by atoms with Gasteiger partial charge in [0, 0.05) is 31.6 Å². The Morgan fingerprint density at radius 2 is 1.03 bits per heavy atom. The number of amides is 5. The second kappa shape index (κ2) is 22.9. The van der Waals surface area contributed by atoms with E-state index in [0.717, 1.165) is 41.1 Å². The molecule has 14 nitrogen and oxygen atoms in total. The zero-order valence-corrected chi connectivity index (χ0v) is 37.6. The van der Waals surface area contributed by atoms with Gasteiger partial charge in [0.05, 0.1) is 11.9 Å². The summed E-state index contributed by atoms with van der Waals surface area (Å²) < 4.78 is 10.7. The second-order valence-electron chi connectivity index (χ2n) is 17.4. The minimum atomic E-state index is -0.915. The number of carbonyl (C=O) groups excluding carboxylic acids is 5. The first-order valence-electron chi connectivity index (χ1n) is 21.7. The molecule has 1 heterocycles. The number of nitrogens with one attached hydrogen (secondary N) is 6. The van der Waals surface area contributed by atoms with Crippen LogP contribution >= 0.6 is 0 Å². The van der Waals surface area contributed by atoms with Gasteiger partial charge in [0.2, 0.25) is 17.7 Å². The number of rotatable bonds is 19. The van der Waals surface area contributed by atoms with E-state index in [1.807, 2.05) is 79.0 Å². The van der Waals surface area contributed by atoms with Crippen molar-refractivity contribution >= 4 is 35.6 Å². The number of aryl methyl sites for hydroxylation is 1. The molecule has 5 aromatic rings. The lowest BCUT2D eigenvalue weighted by Gasteiger charge is -2.23. The van der Waals surface area contributed by atoms with Gasteiger partial charge in [-0.05, 0) is 107 Å². The van der Waals surface area contributed by atoms with Gasteiger partial charge in [-0.15, -0.1) is 0 Å². The molecule has 0 radical (unpaired) electrons. The van der Waals surface area contributed by atoms with E-state index in [-0.39, 0.29) is 24.1 Å². The molecule has 14 heteroatoms. The number of hydrogen-bond donors (Lipinski definition) is 6. The highest BCUT2D eigenvalue weighted by Gasteiger charge is 2.27. The van der Waals surface area contributed by atoms with Crippen LogP contribution in [0.3, 0.4) is 0 Å². The standard InChI is InChI=1S/C50H61N7O7/c1-49(2,3)63-47(61)56-43(37-17-9-7-10-18-37)45(59)51-31-15-13-21-41-53-33-40(55-41)36-25-23-34(24-26-36)35-27-29-39(30-28-35)54-42(58)22-14-16-32-52-46(60)44(38-19-11-8-12-20-38)57-48(62)64-50(4,5)6/h7-12,17-20,23-30,33,43-44H,13-16,21-22,31-32H2,1-6H3,(H,51,59)(H,52,60)(H,53,55)(H,54,58)(H,56,61)(H,57,62). The lowest BCUT2D eigenvalue weighted by molar-refractivity contribution is -0.124. The van der Waals surface area contributed by atoms with Gasteiger partial charge in [-0.25, -0.2) is 14.6 Å². The van der Waals surface area contributed by atoms with E-state index >= 15 is 0 Å². The predicted octanol–water partition coefficient (Wildman–Crippen LogP) is 8.94. The number of hydrogen-bond acceptors (Lipinski definition) is 8. The Morgan fingerprint density at radius 1 is 0.578 bits per heavy atom. The van der Waals surface area contributed by atoms with Crippen molar-refractivity contribution in [3.8, 4) is 22.4 Å². The third kappa shape index (κ3) is 16.1. The fourth-order valence-corrected chi connectivity index (χ4v) is 6.65. The van der Waals surface area contributed by atoms with E-state index < -0.39 is 35.5 Å². The summed E-state index contributed by atoms with van der Waals surface area (Å²) in [6.45, 7) is 11.4. The minimum absolute atomic E-state index is 0.121. The molecule has 0 saturated heterocycles. The third-order valence-electron chi connectivity index (χ3n) is 9.71. The molecule has 2 unspecified atom stereocenters. The summed E-state index contributed by atoms with van der Waals surface area (Å²) in [5.41, 5.74) is 4.53. The summed E-state index contributed by atoms with van der Waals surface area (Å²) in [6, 6.07) is 32.1. The van der Waals surface area contributed by atoms with Crippen LogP contribution in [-0.4, -0.2) is 64.2 Å². The van der Waals surface area contributed by atoms with Crippen molar-refractivity contribution in [1.29, 1.82) is 0 Å². The molecule has 0 saturated carbocycles. The molecule has 64 heavy (non-hydrogen) atoms. The number of H-pyrrole nitrogens is 1. The molecule has 0 bridgehead atoms. The maximum absolute atomic E-state index is 13.1. The average molecular weight is 872 g/mol. The predicted molar refractivity (Wildman–Crippen MR) is 248 cm³/mol. The monoisotopic (exact) mass is 871 g/mol. The molecule has 0 aliphatic carbocycles. The Morgan fingerprint density at radius 3 is 1.52 bits per heavy atom. The van der Waals surface area contributed by atoms with Gasteiger partial charge < -0.3 is 41.0 Å². The molecule has 6 N–H and O–H groups in total. The molecule has 1 aromatic heterocycles. The first-order valence-corrected chi connectivity index (χ1v) is 21.7. The summed E-state index contributed by atoms with van der Waals surface area (Å²) in [4.78, 5) is 71.8. The molecule has 338 valence electrons. The Bertz CT molecular complexity index is 2280. The molecule has 4 aromatic carbocycles. The maximum atomic E-state index is 13.1. The fourth-order valence-electron chi connectivity index (χ4n) is 6.65. The molecule has 0 fully saturated rings. The van der Waals surface area contributed by atoms with E-state index in [2.05, 4.69) is 36.6 Å². The molecule has 5 rings (SSSR count). The Hall–Kier alpha value is -6.96. The van der Waals surface area contributed by atoms with Crippen LogP contribution in [0, 0.1) is 0 Å². The lowest BCUT2D eigenvalue weighted by Crippen LogP contribution is -2.42. The van der Waals surface area contributed by atoms with E-state index in [1.54, 1.807) is 77.9 Å². The van der Waals surface area contributed by atoms with Gasteiger partial charge >= 0.3 is 12.2 Å². The summed E-state index contributed by atoms with van der Waals surface area (Å²) in [5, 5.41) is 14.1. The van der Waals surface area contributed by atoms with Crippen molar-refractivity contribution in [1.82, 2.24) is 31.2 Å². The van der Waals surface area contributed by atoms with Crippen LogP contribution in [0.5, 0.6) is 0 Å². The van der Waals surface area contributed by atoms with E-state index in [4.69, 9.17) is 9.47 Å². The number of aromatic amines is 1. The summed E-state index contributed by atoms with van der Waals surface area (Å²) >= 11 is 0. The summed E-state index contributed by atoms with van der Waals surface area (Å²) in [6.07, 6.45) is 4.15. The Labute approximate surface area is 375 Å². The van der Waals surface area contributed by atoms with Crippen LogP contribution in [0.1, 0.15) is 103 Å². The number of alkyl carbamates (subject to hydrolysis) is 2. The molecule has 5 amide bonds. The van der Waals surface area contributed by atoms with E-state index in [0.29, 0.717) is 49.2 Å². The van der Waals surface area contributed by atoms with Crippen molar-refractivity contribution in [3.63, 3.8) is 0 Å². The number of nitrogens with zero attached hydrogens (tertiary/aromatic N) is 1. The van der Waals surface area contributed by atoms with Crippen molar-refractivity contribution < 1.29 is 33.4 Å². The van der Waals surface area contributed by atoms with E-state index in [1.165, 1.54) is 0 Å². The number of ether oxygens (including phenoxy) is 2. The Kier molecular flexibility index (Phi) is 17.2. The normalized spacial score (nSPS) is 12.3. The molecule has 0 aliphatic heterocycles. The Balaban J connectivity index is 1.01. The maximum Gasteiger partial charge on any atom is 0.408 e. The zero-order valence-electron chi connectivity index (χ0n) is 37.6. The van der Waals surface area contributed by atoms with Crippen molar-refractivity contribution in [2.24, 2.45) is 0 Å². The summed E-state index contributed by atoms with van der Waals surface area (Å²) in [7, 11) is 0. The van der Waals surface area contributed by atoms with Crippen LogP contribution in [0.15, 0.2) is 115 Å². The molecule has 0 aliphatic rings. The van der Waals surface area contributed by atoms with Crippen LogP contribution < -0.4 is 26.6 Å². The number of aromatic nitrogens is 2. The lowest BCUT2D eigenvalue weighted by atomic mass is 10.0. The third-order valence-corrected chi connectivity index (χ3v) is 9.71. The first kappa shape index (κ1) is 48.1. The van der Waals surface area contributed by atoms with Gasteiger partial charge in [-0.2, -0.15) is 0 Å². The average Bonchev–Trinajstić information content (AvgIpc) is 3.73. The molecular weight excluding hydrogens is 811 g/mol. The molecule has 0 spiro atoms. The van der Waals surface area contributed by atoms with Crippen molar-refractivity contribution in [2.75, 3.05) is 18.4 Å². The van der Waals surface area contributed by atoms with Crippen molar-refractivity contribution in [2.45, 2.75) is 103 Å². The van der Waals surface area contributed by atoms with Gasteiger partial charge in [-0.3, -0.25) is 14.4 Å². The summed E-state index contributed by atoms with van der Waals surface area (Å²) in [5.74, 6) is 0.0660. The quantitative estimate of drug-likeness (QED) is 0.0443. The smallest absolute Gasteiger partial charge is 0.408 e. The number of benzene rings is 4. The van der Waals surface area contributed by atoms with Crippen LogP contribution in [0.2, 0.25) is 0 Å². The first-order chi connectivity index (χ1) is 30.5. The molecule has 2 atom stereocenters. The minimum Gasteiger partial charge on any atom is -0.444 e.